The van der Waals surface area contributed by atoms with Gasteiger partial charge in [-0.1, -0.05) is 32.9 Å². The summed E-state index contributed by atoms with van der Waals surface area (Å²) in [6.07, 6.45) is 0.933. The number of nitrogens with zero attached hydrogens (tertiary/aromatic N) is 2. The summed E-state index contributed by atoms with van der Waals surface area (Å²) in [4.78, 5) is 14.9. The molecule has 1 saturated heterocycles. The predicted octanol–water partition coefficient (Wildman–Crippen LogP) is 1.67. The van der Waals surface area contributed by atoms with E-state index in [1.807, 2.05) is 4.90 Å². The fourth-order valence-corrected chi connectivity index (χ4v) is 2.82. The van der Waals surface area contributed by atoms with Gasteiger partial charge in [0.2, 0.25) is 5.91 Å². The molecule has 122 valence electrons. The van der Waals surface area contributed by atoms with Crippen LogP contribution < -0.4 is 5.73 Å². The lowest BCUT2D eigenvalue weighted by Gasteiger charge is -2.39. The average molecular weight is 299 g/mol. The van der Waals surface area contributed by atoms with Crippen molar-refractivity contribution in [3.05, 3.63) is 0 Å². The maximum atomic E-state index is 13.1. The van der Waals surface area contributed by atoms with Crippen LogP contribution in [0.2, 0.25) is 0 Å². The van der Waals surface area contributed by atoms with Crippen LogP contribution in [0.25, 0.3) is 0 Å². The van der Waals surface area contributed by atoms with Gasteiger partial charge in [-0.15, -0.1) is 0 Å². The molecule has 0 radical (unpaired) electrons. The number of rotatable bonds is 6. The monoisotopic (exact) mass is 299 g/mol. The molecular weight excluding hydrogens is 270 g/mol. The molecule has 3 N–H and O–H groups in total. The Hall–Kier alpha value is -1.30. The summed E-state index contributed by atoms with van der Waals surface area (Å²) in [6, 6.07) is 0. The average Bonchev–Trinajstić information content (AvgIpc) is 2.44. The van der Waals surface area contributed by atoms with Crippen LogP contribution in [0.1, 0.15) is 40.5 Å². The Labute approximate surface area is 127 Å². The topological polar surface area (TPSA) is 88.2 Å². The third-order valence-electron chi connectivity index (χ3n) is 3.81. The predicted molar refractivity (Wildman–Crippen MR) is 82.2 cm³/mol. The van der Waals surface area contributed by atoms with Crippen LogP contribution >= 0.6 is 0 Å². The molecule has 1 rings (SSSR count). The lowest BCUT2D eigenvalue weighted by atomic mass is 9.77. The highest BCUT2D eigenvalue weighted by Gasteiger charge is 2.46. The summed E-state index contributed by atoms with van der Waals surface area (Å²) in [6.45, 7) is 10.6. The van der Waals surface area contributed by atoms with Gasteiger partial charge in [0.15, 0.2) is 5.84 Å². The number of oxime groups is 1. The van der Waals surface area contributed by atoms with Crippen molar-refractivity contribution < 1.29 is 14.7 Å². The first-order valence-electron chi connectivity index (χ1n) is 7.68. The summed E-state index contributed by atoms with van der Waals surface area (Å²) < 4.78 is 5.35. The molecule has 0 unspecified atom stereocenters. The van der Waals surface area contributed by atoms with Gasteiger partial charge in [-0.25, -0.2) is 0 Å². The molecule has 21 heavy (non-hydrogen) atoms. The van der Waals surface area contributed by atoms with Gasteiger partial charge in [0.25, 0.3) is 0 Å². The molecule has 1 heterocycles. The quantitative estimate of drug-likeness (QED) is 0.338. The molecule has 0 aliphatic carbocycles. The van der Waals surface area contributed by atoms with Gasteiger partial charge in [0.1, 0.15) is 5.41 Å². The van der Waals surface area contributed by atoms with Crippen molar-refractivity contribution in [1.82, 2.24) is 4.90 Å². The van der Waals surface area contributed by atoms with E-state index in [0.29, 0.717) is 51.0 Å². The number of carbonyl (C=O) groups is 1. The van der Waals surface area contributed by atoms with Crippen molar-refractivity contribution in [2.24, 2.45) is 28.1 Å². The maximum absolute atomic E-state index is 13.1. The molecule has 1 aliphatic heterocycles. The standard InChI is InChI=1S/C15H29N3O3/c1-11(2)9-18(10-12(3)4)14(19)15(13(16)17-20)5-7-21-8-6-15/h11-12,20H,5-10H2,1-4H3,(H2,16,17). The van der Waals surface area contributed by atoms with E-state index in [-0.39, 0.29) is 11.7 Å². The highest BCUT2D eigenvalue weighted by Crippen LogP contribution is 2.33. The Morgan fingerprint density at radius 2 is 1.71 bits per heavy atom. The fraction of sp³-hybridized carbons (Fsp3) is 0.867. The van der Waals surface area contributed by atoms with Gasteiger partial charge in [-0.3, -0.25) is 4.79 Å². The molecule has 1 aliphatic rings. The van der Waals surface area contributed by atoms with Crippen LogP contribution in [-0.4, -0.2) is 48.2 Å². The first-order chi connectivity index (χ1) is 9.83. The zero-order chi connectivity index (χ0) is 16.0. The maximum Gasteiger partial charge on any atom is 0.236 e. The lowest BCUT2D eigenvalue weighted by molar-refractivity contribution is -0.143. The third-order valence-corrected chi connectivity index (χ3v) is 3.81. The molecule has 1 amide bonds. The zero-order valence-electron chi connectivity index (χ0n) is 13.6. The second kappa shape index (κ2) is 7.64. The summed E-state index contributed by atoms with van der Waals surface area (Å²) >= 11 is 0. The molecule has 0 atom stereocenters. The van der Waals surface area contributed by atoms with Gasteiger partial charge < -0.3 is 20.6 Å². The van der Waals surface area contributed by atoms with E-state index in [1.165, 1.54) is 0 Å². The van der Waals surface area contributed by atoms with Crippen molar-refractivity contribution in [3.63, 3.8) is 0 Å². The van der Waals surface area contributed by atoms with Gasteiger partial charge in [-0.2, -0.15) is 0 Å². The van der Waals surface area contributed by atoms with Crippen molar-refractivity contribution in [2.75, 3.05) is 26.3 Å². The molecule has 0 aromatic carbocycles. The minimum Gasteiger partial charge on any atom is -0.409 e. The summed E-state index contributed by atoms with van der Waals surface area (Å²) in [5.74, 6) is 0.713. The molecule has 0 aromatic rings. The molecule has 6 nitrogen and oxygen atoms in total. The highest BCUT2D eigenvalue weighted by molar-refractivity contribution is 6.06. The number of amidine groups is 1. The number of amides is 1. The summed E-state index contributed by atoms with van der Waals surface area (Å²) in [5, 5.41) is 12.2. The largest absolute Gasteiger partial charge is 0.409 e. The smallest absolute Gasteiger partial charge is 0.236 e. The first kappa shape index (κ1) is 17.8. The molecule has 1 fully saturated rings. The third kappa shape index (κ3) is 4.33. The van der Waals surface area contributed by atoms with Crippen molar-refractivity contribution in [1.29, 1.82) is 0 Å². The molecule has 0 bridgehead atoms. The van der Waals surface area contributed by atoms with E-state index in [0.717, 1.165) is 0 Å². The number of hydrogen-bond donors (Lipinski definition) is 2. The van der Waals surface area contributed by atoms with E-state index in [4.69, 9.17) is 15.7 Å². The number of carbonyl (C=O) groups excluding carboxylic acids is 1. The Balaban J connectivity index is 3.05. The second-order valence-corrected chi connectivity index (χ2v) is 6.68. The van der Waals surface area contributed by atoms with Gasteiger partial charge in [0.05, 0.1) is 0 Å². The lowest BCUT2D eigenvalue weighted by Crippen LogP contribution is -2.55. The van der Waals surface area contributed by atoms with Gasteiger partial charge in [0, 0.05) is 26.3 Å². The van der Waals surface area contributed by atoms with E-state index in [9.17, 15) is 4.79 Å². The molecule has 0 saturated carbocycles. The van der Waals surface area contributed by atoms with Crippen LogP contribution in [0.3, 0.4) is 0 Å². The SMILES string of the molecule is CC(C)CN(CC(C)C)C(=O)C1(C(N)=NO)CCOCC1. The Morgan fingerprint density at radius 3 is 2.10 bits per heavy atom. The minimum atomic E-state index is -0.920. The van der Waals surface area contributed by atoms with Crippen LogP contribution in [0.5, 0.6) is 0 Å². The van der Waals surface area contributed by atoms with Crippen molar-refractivity contribution in [2.45, 2.75) is 40.5 Å². The van der Waals surface area contributed by atoms with E-state index in [1.54, 1.807) is 0 Å². The van der Waals surface area contributed by atoms with Crippen LogP contribution in [0, 0.1) is 17.3 Å². The van der Waals surface area contributed by atoms with Crippen LogP contribution in [0.15, 0.2) is 5.16 Å². The van der Waals surface area contributed by atoms with Crippen LogP contribution in [-0.2, 0) is 9.53 Å². The summed E-state index contributed by atoms with van der Waals surface area (Å²) in [5.41, 5.74) is 4.96. The van der Waals surface area contributed by atoms with E-state index in [2.05, 4.69) is 32.9 Å². The van der Waals surface area contributed by atoms with E-state index < -0.39 is 5.41 Å². The van der Waals surface area contributed by atoms with Gasteiger partial charge in [-0.05, 0) is 24.7 Å². The molecule has 0 spiro atoms. The van der Waals surface area contributed by atoms with Gasteiger partial charge >= 0.3 is 0 Å². The Kier molecular flexibility index (Phi) is 6.45. The van der Waals surface area contributed by atoms with Crippen LogP contribution in [0.4, 0.5) is 0 Å². The second-order valence-electron chi connectivity index (χ2n) is 6.68. The Bertz CT molecular complexity index is 364. The minimum absolute atomic E-state index is 0.00770. The van der Waals surface area contributed by atoms with E-state index >= 15 is 0 Å². The molecule has 6 heteroatoms. The number of hydrogen-bond acceptors (Lipinski definition) is 4. The number of ether oxygens (including phenoxy) is 1. The fourth-order valence-electron chi connectivity index (χ4n) is 2.82. The van der Waals surface area contributed by atoms with Crippen molar-refractivity contribution in [3.8, 4) is 0 Å². The van der Waals surface area contributed by atoms with Crippen molar-refractivity contribution >= 4 is 11.7 Å². The zero-order valence-corrected chi connectivity index (χ0v) is 13.6. The molecular formula is C15H29N3O3. The first-order valence-corrected chi connectivity index (χ1v) is 7.68. The number of nitrogens with two attached hydrogens (primary N) is 1. The highest BCUT2D eigenvalue weighted by atomic mass is 16.5. The molecule has 0 aromatic heterocycles. The Morgan fingerprint density at radius 1 is 1.24 bits per heavy atom. The normalized spacial score (nSPS) is 19.0. The summed E-state index contributed by atoms with van der Waals surface area (Å²) in [7, 11) is 0.